The zero-order chi connectivity index (χ0) is 23.7. The molecule has 2 aliphatic heterocycles. The molecule has 2 heterocycles. The number of fused-ring (bicyclic) bond motifs is 1. The number of aliphatic imine (C=N–C) groups is 1. The predicted octanol–water partition coefficient (Wildman–Crippen LogP) is 2.05. The Morgan fingerprint density at radius 3 is 2.20 bits per heavy atom. The molecule has 179 valence electrons. The summed E-state index contributed by atoms with van der Waals surface area (Å²) in [5, 5.41) is 3.23. The molecule has 0 spiro atoms. The molecule has 0 fully saturated rings. The fourth-order valence-electron chi connectivity index (χ4n) is 5.55. The first-order chi connectivity index (χ1) is 15.5. The van der Waals surface area contributed by atoms with Gasteiger partial charge in [-0.2, -0.15) is 0 Å². The summed E-state index contributed by atoms with van der Waals surface area (Å²) >= 11 is 1.58. The molecule has 0 aromatic heterocycles. The van der Waals surface area contributed by atoms with Crippen molar-refractivity contribution in [3.63, 3.8) is 0 Å². The van der Waals surface area contributed by atoms with Crippen LogP contribution in [0.3, 0.4) is 0 Å². The average molecular weight is 597 g/mol. The molecule has 1 atom stereocenters. The number of hydrogen-bond acceptors (Lipinski definition) is 1. The fraction of sp³-hybridized carbons (Fsp3) is 0.300. The van der Waals surface area contributed by atoms with Gasteiger partial charge in [0.05, 0.1) is 5.70 Å². The van der Waals surface area contributed by atoms with E-state index in [9.17, 15) is 0 Å². The number of halogens is 2. The molecule has 0 bridgehead atoms. The minimum absolute atomic E-state index is 0. The topological polar surface area (TPSA) is 12.4 Å². The van der Waals surface area contributed by atoms with Gasteiger partial charge in [-0.3, -0.25) is 4.99 Å². The van der Waals surface area contributed by atoms with Crippen molar-refractivity contribution in [2.24, 2.45) is 4.99 Å². The van der Waals surface area contributed by atoms with Crippen molar-refractivity contribution in [3.8, 4) is 11.1 Å². The Morgan fingerprint density at radius 2 is 1.57 bits per heavy atom. The Bertz CT molecular complexity index is 1340. The van der Waals surface area contributed by atoms with E-state index in [2.05, 4.69) is 113 Å². The maximum Gasteiger partial charge on any atom is 0.116 e. The molecular formula is C30H32Cl2NSiZr. The molecule has 0 N–H and O–H groups in total. The molecule has 35 heavy (non-hydrogen) atoms. The van der Waals surface area contributed by atoms with E-state index in [1.165, 1.54) is 50.4 Å². The second-order valence-corrected chi connectivity index (χ2v) is 16.9. The molecule has 1 nitrogen and oxygen atoms in total. The molecule has 2 aromatic rings. The van der Waals surface area contributed by atoms with Crippen molar-refractivity contribution < 1.29 is 49.5 Å². The fourth-order valence-corrected chi connectivity index (χ4v) is 9.68. The molecule has 2 aliphatic carbocycles. The Kier molecular flexibility index (Phi) is 8.01. The Labute approximate surface area is 239 Å². The van der Waals surface area contributed by atoms with E-state index in [0.717, 1.165) is 0 Å². The number of benzene rings is 2. The summed E-state index contributed by atoms with van der Waals surface area (Å²) in [6, 6.07) is 15.8. The summed E-state index contributed by atoms with van der Waals surface area (Å²) in [6.07, 6.45) is 6.82. The van der Waals surface area contributed by atoms with Gasteiger partial charge in [-0.15, -0.1) is 0 Å². The summed E-state index contributed by atoms with van der Waals surface area (Å²) in [6.45, 7) is 16.0. The van der Waals surface area contributed by atoms with Crippen LogP contribution in [0.1, 0.15) is 54.9 Å². The monoisotopic (exact) mass is 594 g/mol. The van der Waals surface area contributed by atoms with E-state index in [4.69, 9.17) is 0 Å². The van der Waals surface area contributed by atoms with Crippen molar-refractivity contribution in [1.29, 1.82) is 0 Å². The van der Waals surface area contributed by atoms with Crippen LogP contribution in [0, 0.1) is 0 Å². The van der Waals surface area contributed by atoms with E-state index in [1.807, 2.05) is 0 Å². The third-order valence-corrected chi connectivity index (χ3v) is 13.0. The van der Waals surface area contributed by atoms with Crippen molar-refractivity contribution in [2.75, 3.05) is 0 Å². The van der Waals surface area contributed by atoms with Gasteiger partial charge in [0.15, 0.2) is 0 Å². The first-order valence-electron chi connectivity index (χ1n) is 11.9. The van der Waals surface area contributed by atoms with Gasteiger partial charge in [-0.05, 0) is 23.4 Å². The quantitative estimate of drug-likeness (QED) is 0.447. The van der Waals surface area contributed by atoms with E-state index < -0.39 is 8.07 Å². The molecule has 0 amide bonds. The first-order valence-corrected chi connectivity index (χ1v) is 16.3. The van der Waals surface area contributed by atoms with Gasteiger partial charge >= 0.3 is 143 Å². The Morgan fingerprint density at radius 1 is 0.914 bits per heavy atom. The van der Waals surface area contributed by atoms with E-state index in [0.29, 0.717) is 3.63 Å². The molecule has 5 heteroatoms. The maximum absolute atomic E-state index is 4.56. The summed E-state index contributed by atoms with van der Waals surface area (Å²) < 4.78 is 0.640. The molecule has 4 aliphatic rings. The summed E-state index contributed by atoms with van der Waals surface area (Å²) in [5.74, 6) is 0. The predicted molar refractivity (Wildman–Crippen MR) is 141 cm³/mol. The van der Waals surface area contributed by atoms with Crippen LogP contribution < -0.4 is 24.8 Å². The normalized spacial score (nSPS) is 20.1. The number of hydrogen-bond donors (Lipinski definition) is 0. The molecule has 6 rings (SSSR count). The van der Waals surface area contributed by atoms with Gasteiger partial charge < -0.3 is 24.8 Å². The third kappa shape index (κ3) is 4.63. The summed E-state index contributed by atoms with van der Waals surface area (Å²) in [7, 11) is -1.17. The van der Waals surface area contributed by atoms with Crippen molar-refractivity contribution in [1.82, 2.24) is 0 Å². The van der Waals surface area contributed by atoms with Crippen molar-refractivity contribution in [2.45, 2.75) is 56.8 Å². The van der Waals surface area contributed by atoms with Crippen LogP contribution in [0.4, 0.5) is 0 Å². The molecule has 0 saturated heterocycles. The van der Waals surface area contributed by atoms with Crippen molar-refractivity contribution >= 4 is 19.9 Å². The third-order valence-electron chi connectivity index (χ3n) is 7.47. The van der Waals surface area contributed by atoms with E-state index in [1.54, 1.807) is 35.1 Å². The maximum atomic E-state index is 4.56. The smallest absolute Gasteiger partial charge is 0.116 e. The number of allylic oxidation sites excluding steroid dienone is 5. The molecule has 2 aromatic carbocycles. The van der Waals surface area contributed by atoms with Gasteiger partial charge in [-0.1, -0.05) is 19.2 Å². The SMILES string of the molecule is CC1=Cc2c(-c3ccc(C(C)(C)C)cc3)cccc2[CH]1[Zr+2].CC1=NC2=CC=C3C2=C1[Si]3(C)C.[Cl-].[Cl-]. The molecule has 0 radical (unpaired) electrons. The second kappa shape index (κ2) is 9.90. The van der Waals surface area contributed by atoms with Crippen LogP contribution in [0.25, 0.3) is 17.2 Å². The van der Waals surface area contributed by atoms with Crippen LogP contribution in [0.5, 0.6) is 0 Å². The second-order valence-electron chi connectivity index (χ2n) is 11.2. The Hall–Kier alpha value is -1.25. The minimum Gasteiger partial charge on any atom is -1.00 e. The van der Waals surface area contributed by atoms with Crippen LogP contribution in [-0.2, 0) is 30.1 Å². The zero-order valence-electron chi connectivity index (χ0n) is 21.6. The molecule has 1 unspecified atom stereocenters. The van der Waals surface area contributed by atoms with Crippen LogP contribution in [0.2, 0.25) is 13.1 Å². The van der Waals surface area contributed by atoms with E-state index in [-0.39, 0.29) is 30.2 Å². The average Bonchev–Trinajstić information content (AvgIpc) is 3.36. The number of nitrogens with zero attached hydrogens (tertiary/aromatic N) is 1. The van der Waals surface area contributed by atoms with E-state index >= 15 is 0 Å². The van der Waals surface area contributed by atoms with Crippen LogP contribution >= 0.6 is 0 Å². The summed E-state index contributed by atoms with van der Waals surface area (Å²) in [5.41, 5.74) is 12.7. The van der Waals surface area contributed by atoms with Crippen LogP contribution in [-0.4, -0.2) is 13.8 Å². The van der Waals surface area contributed by atoms with Crippen LogP contribution in [0.15, 0.2) is 86.8 Å². The molecular weight excluding hydrogens is 565 g/mol. The van der Waals surface area contributed by atoms with Gasteiger partial charge in [0.2, 0.25) is 0 Å². The van der Waals surface area contributed by atoms with Gasteiger partial charge in [0.25, 0.3) is 0 Å². The molecule has 0 saturated carbocycles. The Balaban J connectivity index is 0.000000208. The standard InChI is InChI=1S/C20H21.C10H11NSi.2ClH.Zr/c1-14-12-16-6-5-7-18(19(16)13-14)15-8-10-17(11-9-15)20(2,3)4;1-6-10-9-7(11-6)4-5-8(9)12(10,2)3;;;/h5-13H,1-4H3;4-5H,1-3H3;2*1H;/q;;;;+2/p-2. The summed E-state index contributed by atoms with van der Waals surface area (Å²) in [4.78, 5) is 4.56. The zero-order valence-corrected chi connectivity index (χ0v) is 26.5. The van der Waals surface area contributed by atoms with Gasteiger partial charge in [0.1, 0.15) is 8.07 Å². The minimum atomic E-state index is -1.17. The van der Waals surface area contributed by atoms with Crippen molar-refractivity contribution in [3.05, 3.63) is 98.5 Å². The number of rotatable bonds is 1. The first kappa shape index (κ1) is 28.3. The van der Waals surface area contributed by atoms with Gasteiger partial charge in [0, 0.05) is 11.3 Å². The van der Waals surface area contributed by atoms with Gasteiger partial charge in [-0.25, -0.2) is 0 Å². The largest absolute Gasteiger partial charge is 1.00 e.